The lowest BCUT2D eigenvalue weighted by molar-refractivity contribution is -0.134. The van der Waals surface area contributed by atoms with E-state index in [1.807, 2.05) is 18.4 Å². The molecule has 0 amide bonds. The second-order valence-electron chi connectivity index (χ2n) is 5.32. The maximum absolute atomic E-state index is 12.2. The molecule has 0 fully saturated rings. The largest absolute Gasteiger partial charge is 0.389 e. The van der Waals surface area contributed by atoms with Crippen molar-refractivity contribution in [3.05, 3.63) is 30.4 Å². The molecule has 0 aliphatic heterocycles. The Morgan fingerprint density at radius 1 is 1.33 bits per heavy atom. The highest BCUT2D eigenvalue weighted by atomic mass is 19.4. The second kappa shape index (κ2) is 6.28. The minimum Gasteiger partial charge on any atom is -0.337 e. The molecule has 0 saturated carbocycles. The van der Waals surface area contributed by atoms with Gasteiger partial charge in [0, 0.05) is 18.8 Å². The predicted molar refractivity (Wildman–Crippen MR) is 68.5 cm³/mol. The fourth-order valence-corrected chi connectivity index (χ4v) is 2.01. The van der Waals surface area contributed by atoms with Gasteiger partial charge in [-0.05, 0) is 12.3 Å². The van der Waals surface area contributed by atoms with Gasteiger partial charge in [-0.3, -0.25) is 0 Å². The summed E-state index contributed by atoms with van der Waals surface area (Å²) in [6.07, 6.45) is 0.324. The quantitative estimate of drug-likeness (QED) is 0.820. The molecular weight excluding hydrogens is 285 g/mol. The summed E-state index contributed by atoms with van der Waals surface area (Å²) >= 11 is 0. The van der Waals surface area contributed by atoms with Crippen molar-refractivity contribution >= 4 is 0 Å². The molecule has 0 saturated heterocycles. The van der Waals surface area contributed by atoms with E-state index in [4.69, 9.17) is 4.52 Å². The summed E-state index contributed by atoms with van der Waals surface area (Å²) in [4.78, 5) is 8.07. The maximum Gasteiger partial charge on any atom is 0.389 e. The van der Waals surface area contributed by atoms with Gasteiger partial charge < -0.3 is 9.09 Å². The number of alkyl halides is 3. The number of rotatable bonds is 6. The van der Waals surface area contributed by atoms with E-state index in [1.54, 1.807) is 18.7 Å². The molecule has 0 spiro atoms. The average molecular weight is 302 g/mol. The summed E-state index contributed by atoms with van der Waals surface area (Å²) < 4.78 is 43.6. The first-order valence-corrected chi connectivity index (χ1v) is 6.72. The Kier molecular flexibility index (Phi) is 4.64. The summed E-state index contributed by atoms with van der Waals surface area (Å²) in [7, 11) is 0. The Morgan fingerprint density at radius 3 is 2.67 bits per heavy atom. The molecule has 2 aromatic rings. The lowest BCUT2D eigenvalue weighted by atomic mass is 10.0. The number of nitrogens with zero attached hydrogens (tertiary/aromatic N) is 4. The van der Waals surface area contributed by atoms with E-state index in [-0.39, 0.29) is 18.3 Å². The first kappa shape index (κ1) is 15.5. The van der Waals surface area contributed by atoms with Crippen LogP contribution in [0.15, 0.2) is 23.2 Å². The summed E-state index contributed by atoms with van der Waals surface area (Å²) in [6.45, 7) is 4.09. The average Bonchev–Trinajstić information content (AvgIpc) is 3.04. The maximum atomic E-state index is 12.2. The van der Waals surface area contributed by atoms with Crippen molar-refractivity contribution in [2.24, 2.45) is 5.92 Å². The standard InChI is InChI=1S/C13H17F3N4O/c1-9(2)7-10(20-6-5-17-8-20)12-18-11(19-21-12)3-4-13(14,15)16/h5-6,8-10H,3-4,7H2,1-2H3. The molecule has 1 unspecified atom stereocenters. The van der Waals surface area contributed by atoms with E-state index < -0.39 is 12.6 Å². The topological polar surface area (TPSA) is 56.7 Å². The van der Waals surface area contributed by atoms with Crippen molar-refractivity contribution in [1.29, 1.82) is 0 Å². The van der Waals surface area contributed by atoms with E-state index in [0.29, 0.717) is 11.8 Å². The molecule has 0 aromatic carbocycles. The molecule has 2 aromatic heterocycles. The molecule has 2 heterocycles. The third-order valence-electron chi connectivity index (χ3n) is 2.98. The summed E-state index contributed by atoms with van der Waals surface area (Å²) in [5.74, 6) is 0.762. The second-order valence-corrected chi connectivity index (χ2v) is 5.32. The highest BCUT2D eigenvalue weighted by Gasteiger charge is 2.28. The van der Waals surface area contributed by atoms with Crippen LogP contribution < -0.4 is 0 Å². The van der Waals surface area contributed by atoms with E-state index in [2.05, 4.69) is 15.1 Å². The van der Waals surface area contributed by atoms with Crippen LogP contribution >= 0.6 is 0 Å². The Balaban J connectivity index is 2.12. The smallest absolute Gasteiger partial charge is 0.337 e. The lowest BCUT2D eigenvalue weighted by Crippen LogP contribution is -2.12. The summed E-state index contributed by atoms with van der Waals surface area (Å²) in [6, 6.07) is -0.209. The first-order valence-electron chi connectivity index (χ1n) is 6.72. The zero-order valence-electron chi connectivity index (χ0n) is 11.8. The fourth-order valence-electron chi connectivity index (χ4n) is 2.01. The lowest BCUT2D eigenvalue weighted by Gasteiger charge is -2.16. The van der Waals surface area contributed by atoms with Crippen LogP contribution in [-0.4, -0.2) is 25.9 Å². The van der Waals surface area contributed by atoms with Gasteiger partial charge in [-0.1, -0.05) is 19.0 Å². The third kappa shape index (κ3) is 4.57. The van der Waals surface area contributed by atoms with Crippen molar-refractivity contribution in [3.8, 4) is 0 Å². The van der Waals surface area contributed by atoms with Crippen LogP contribution in [0.3, 0.4) is 0 Å². The predicted octanol–water partition coefficient (Wildman–Crippen LogP) is 3.40. The van der Waals surface area contributed by atoms with Crippen molar-refractivity contribution in [1.82, 2.24) is 19.7 Å². The van der Waals surface area contributed by atoms with Crippen molar-refractivity contribution in [2.45, 2.75) is 45.3 Å². The Hall–Kier alpha value is -1.86. The Bertz CT molecular complexity index is 548. The Morgan fingerprint density at radius 2 is 2.10 bits per heavy atom. The minimum atomic E-state index is -4.22. The van der Waals surface area contributed by atoms with Gasteiger partial charge in [-0.15, -0.1) is 0 Å². The molecule has 5 nitrogen and oxygen atoms in total. The molecule has 0 bridgehead atoms. The molecule has 2 rings (SSSR count). The summed E-state index contributed by atoms with van der Waals surface area (Å²) in [5.41, 5.74) is 0. The van der Waals surface area contributed by atoms with Gasteiger partial charge in [-0.25, -0.2) is 4.98 Å². The van der Waals surface area contributed by atoms with E-state index in [0.717, 1.165) is 6.42 Å². The van der Waals surface area contributed by atoms with Crippen LogP contribution in [0.5, 0.6) is 0 Å². The van der Waals surface area contributed by atoms with Crippen LogP contribution in [0.4, 0.5) is 13.2 Å². The number of hydrogen-bond donors (Lipinski definition) is 0. The zero-order valence-corrected chi connectivity index (χ0v) is 11.8. The van der Waals surface area contributed by atoms with Crippen molar-refractivity contribution < 1.29 is 17.7 Å². The monoisotopic (exact) mass is 302 g/mol. The van der Waals surface area contributed by atoms with Gasteiger partial charge in [0.25, 0.3) is 0 Å². The van der Waals surface area contributed by atoms with Gasteiger partial charge in [0.15, 0.2) is 5.82 Å². The van der Waals surface area contributed by atoms with Gasteiger partial charge in [0.2, 0.25) is 5.89 Å². The number of hydrogen-bond acceptors (Lipinski definition) is 4. The summed E-state index contributed by atoms with van der Waals surface area (Å²) in [5, 5.41) is 3.64. The molecule has 0 N–H and O–H groups in total. The number of aryl methyl sites for hydroxylation is 1. The highest BCUT2D eigenvalue weighted by Crippen LogP contribution is 2.26. The van der Waals surface area contributed by atoms with Crippen LogP contribution in [0, 0.1) is 5.92 Å². The number of aromatic nitrogens is 4. The third-order valence-corrected chi connectivity index (χ3v) is 2.98. The minimum absolute atomic E-state index is 0.0798. The number of imidazole rings is 1. The fraction of sp³-hybridized carbons (Fsp3) is 0.615. The van der Waals surface area contributed by atoms with E-state index in [9.17, 15) is 13.2 Å². The van der Waals surface area contributed by atoms with Crippen LogP contribution in [0.25, 0.3) is 0 Å². The van der Waals surface area contributed by atoms with Gasteiger partial charge in [-0.2, -0.15) is 18.2 Å². The normalized spacial score (nSPS) is 13.8. The molecule has 0 radical (unpaired) electrons. The van der Waals surface area contributed by atoms with E-state index in [1.165, 1.54) is 0 Å². The molecule has 8 heteroatoms. The van der Waals surface area contributed by atoms with Crippen LogP contribution in [-0.2, 0) is 6.42 Å². The first-order chi connectivity index (χ1) is 9.85. The van der Waals surface area contributed by atoms with Gasteiger partial charge in [0.05, 0.1) is 12.7 Å². The van der Waals surface area contributed by atoms with Gasteiger partial charge >= 0.3 is 6.18 Å². The molecule has 1 atom stereocenters. The molecular formula is C13H17F3N4O. The number of halogens is 3. The molecule has 21 heavy (non-hydrogen) atoms. The van der Waals surface area contributed by atoms with Crippen molar-refractivity contribution in [2.75, 3.05) is 0 Å². The Labute approximate surface area is 120 Å². The van der Waals surface area contributed by atoms with Crippen molar-refractivity contribution in [3.63, 3.8) is 0 Å². The SMILES string of the molecule is CC(C)CC(c1nc(CCC(F)(F)F)no1)n1ccnc1. The van der Waals surface area contributed by atoms with Crippen LogP contribution in [0.1, 0.15) is 44.4 Å². The molecule has 0 aliphatic rings. The van der Waals surface area contributed by atoms with E-state index >= 15 is 0 Å². The molecule has 0 aliphatic carbocycles. The zero-order chi connectivity index (χ0) is 15.5. The highest BCUT2D eigenvalue weighted by molar-refractivity contribution is 4.98. The van der Waals surface area contributed by atoms with Gasteiger partial charge in [0.1, 0.15) is 6.04 Å². The van der Waals surface area contributed by atoms with Crippen LogP contribution in [0.2, 0.25) is 0 Å². The molecule has 116 valence electrons.